The van der Waals surface area contributed by atoms with Crippen molar-refractivity contribution in [2.45, 2.75) is 31.6 Å². The van der Waals surface area contributed by atoms with Gasteiger partial charge in [0, 0.05) is 35.5 Å². The molecule has 31 heavy (non-hydrogen) atoms. The summed E-state index contributed by atoms with van der Waals surface area (Å²) in [6.45, 7) is 2.89. The number of carboxylic acid groups (broad SMARTS) is 1. The molecule has 5 nitrogen and oxygen atoms in total. The van der Waals surface area contributed by atoms with Crippen molar-refractivity contribution in [3.63, 3.8) is 0 Å². The first kappa shape index (κ1) is 21.5. The molecule has 1 amide bonds. The first-order valence-electron chi connectivity index (χ1n) is 10.2. The van der Waals surface area contributed by atoms with Crippen molar-refractivity contribution in [3.8, 4) is 11.3 Å². The Bertz CT molecular complexity index is 1090. The fourth-order valence-corrected chi connectivity index (χ4v) is 5.70. The highest BCUT2D eigenvalue weighted by Crippen LogP contribution is 2.45. The second-order valence-electron chi connectivity index (χ2n) is 7.82. The lowest BCUT2D eigenvalue weighted by atomic mass is 9.73. The van der Waals surface area contributed by atoms with Crippen molar-refractivity contribution >= 4 is 34.8 Å². The number of halogens is 1. The molecule has 0 unspecified atom stereocenters. The summed E-state index contributed by atoms with van der Waals surface area (Å²) in [7, 11) is 0. The number of carbonyl (C=O) groups is 2. The van der Waals surface area contributed by atoms with E-state index in [1.807, 2.05) is 35.2 Å². The SMILES string of the molecule is CC(=O)N1CCC(c2ccccc2)(c2nc(-c3ccc(Cl)cc3)c(CC(=O)O)s2)CC1. The zero-order valence-corrected chi connectivity index (χ0v) is 18.7. The minimum atomic E-state index is -0.884. The lowest BCUT2D eigenvalue weighted by Gasteiger charge is -2.40. The van der Waals surface area contributed by atoms with Gasteiger partial charge < -0.3 is 10.0 Å². The number of aliphatic carboxylic acids is 1. The van der Waals surface area contributed by atoms with Gasteiger partial charge in [-0.15, -0.1) is 11.3 Å². The predicted molar refractivity (Wildman–Crippen MR) is 123 cm³/mol. The maximum atomic E-state index is 11.9. The monoisotopic (exact) mass is 454 g/mol. The molecule has 2 heterocycles. The summed E-state index contributed by atoms with van der Waals surface area (Å²) in [6, 6.07) is 17.5. The van der Waals surface area contributed by atoms with Crippen LogP contribution < -0.4 is 0 Å². The Kier molecular flexibility index (Phi) is 6.12. The van der Waals surface area contributed by atoms with Gasteiger partial charge in [-0.3, -0.25) is 9.59 Å². The van der Waals surface area contributed by atoms with Gasteiger partial charge in [-0.2, -0.15) is 0 Å². The number of thiazole rings is 1. The second-order valence-corrected chi connectivity index (χ2v) is 9.34. The lowest BCUT2D eigenvalue weighted by molar-refractivity contribution is -0.136. The van der Waals surface area contributed by atoms with Crippen LogP contribution in [-0.2, 0) is 21.4 Å². The van der Waals surface area contributed by atoms with Crippen LogP contribution in [0.2, 0.25) is 5.02 Å². The maximum Gasteiger partial charge on any atom is 0.308 e. The van der Waals surface area contributed by atoms with Crippen molar-refractivity contribution in [3.05, 3.63) is 75.1 Å². The van der Waals surface area contributed by atoms with Gasteiger partial charge in [0.05, 0.1) is 17.5 Å². The van der Waals surface area contributed by atoms with E-state index in [9.17, 15) is 14.7 Å². The average Bonchev–Trinajstić information content (AvgIpc) is 3.18. The molecule has 1 aromatic heterocycles. The number of hydrogen-bond acceptors (Lipinski definition) is 4. The molecule has 160 valence electrons. The van der Waals surface area contributed by atoms with E-state index in [1.165, 1.54) is 11.3 Å². The number of piperidine rings is 1. The van der Waals surface area contributed by atoms with Gasteiger partial charge in [-0.1, -0.05) is 54.1 Å². The highest BCUT2D eigenvalue weighted by molar-refractivity contribution is 7.12. The Morgan fingerprint density at radius 1 is 1.10 bits per heavy atom. The van der Waals surface area contributed by atoms with Gasteiger partial charge in [0.15, 0.2) is 0 Å². The van der Waals surface area contributed by atoms with Gasteiger partial charge >= 0.3 is 5.97 Å². The Morgan fingerprint density at radius 3 is 2.32 bits per heavy atom. The number of carboxylic acids is 1. The van der Waals surface area contributed by atoms with Crippen LogP contribution in [0.25, 0.3) is 11.3 Å². The van der Waals surface area contributed by atoms with Crippen molar-refractivity contribution < 1.29 is 14.7 Å². The van der Waals surface area contributed by atoms with E-state index in [0.29, 0.717) is 23.8 Å². The van der Waals surface area contributed by atoms with E-state index in [2.05, 4.69) is 12.1 Å². The van der Waals surface area contributed by atoms with E-state index < -0.39 is 5.97 Å². The molecule has 3 aromatic rings. The summed E-state index contributed by atoms with van der Waals surface area (Å²) in [4.78, 5) is 31.1. The predicted octanol–water partition coefficient (Wildman–Crippen LogP) is 5.02. The Hall–Kier alpha value is -2.70. The molecule has 0 saturated carbocycles. The maximum absolute atomic E-state index is 11.9. The van der Waals surface area contributed by atoms with Crippen molar-refractivity contribution in [2.24, 2.45) is 0 Å². The summed E-state index contributed by atoms with van der Waals surface area (Å²) in [5.41, 5.74) is 2.35. The van der Waals surface area contributed by atoms with E-state index >= 15 is 0 Å². The van der Waals surface area contributed by atoms with E-state index in [1.54, 1.807) is 19.1 Å². The van der Waals surface area contributed by atoms with Gasteiger partial charge in [-0.05, 0) is 30.5 Å². The standard InChI is InChI=1S/C24H23ClN2O3S/c1-16(28)27-13-11-24(12-14-27,18-5-3-2-4-6-18)23-26-22(20(31-23)15-21(29)30)17-7-9-19(25)10-8-17/h2-10H,11-15H2,1H3,(H,29,30). The van der Waals surface area contributed by atoms with Gasteiger partial charge in [0.25, 0.3) is 0 Å². The lowest BCUT2D eigenvalue weighted by Crippen LogP contribution is -2.45. The molecular formula is C24H23ClN2O3S. The van der Waals surface area contributed by atoms with Gasteiger partial charge in [0.2, 0.25) is 5.91 Å². The van der Waals surface area contributed by atoms with E-state index in [4.69, 9.17) is 16.6 Å². The van der Waals surface area contributed by atoms with Crippen LogP contribution in [0, 0.1) is 0 Å². The van der Waals surface area contributed by atoms with Crippen LogP contribution in [0.15, 0.2) is 54.6 Å². The molecular weight excluding hydrogens is 432 g/mol. The smallest absolute Gasteiger partial charge is 0.308 e. The van der Waals surface area contributed by atoms with Crippen molar-refractivity contribution in [1.82, 2.24) is 9.88 Å². The molecule has 0 spiro atoms. The average molecular weight is 455 g/mol. The third-order valence-corrected chi connectivity index (χ3v) is 7.44. The minimum Gasteiger partial charge on any atom is -0.481 e. The van der Waals surface area contributed by atoms with Crippen LogP contribution in [0.4, 0.5) is 0 Å². The van der Waals surface area contributed by atoms with Gasteiger partial charge in [0.1, 0.15) is 5.01 Å². The molecule has 7 heteroatoms. The number of benzene rings is 2. The second kappa shape index (κ2) is 8.81. The summed E-state index contributed by atoms with van der Waals surface area (Å²) in [6.07, 6.45) is 1.41. The highest BCUT2D eigenvalue weighted by Gasteiger charge is 2.41. The third-order valence-electron chi connectivity index (χ3n) is 5.92. The fraction of sp³-hybridized carbons (Fsp3) is 0.292. The zero-order valence-electron chi connectivity index (χ0n) is 17.2. The first-order chi connectivity index (χ1) is 14.9. The van der Waals surface area contributed by atoms with Crippen molar-refractivity contribution in [2.75, 3.05) is 13.1 Å². The van der Waals surface area contributed by atoms with Crippen LogP contribution >= 0.6 is 22.9 Å². The van der Waals surface area contributed by atoms with E-state index in [0.717, 1.165) is 33.9 Å². The topological polar surface area (TPSA) is 70.5 Å². The summed E-state index contributed by atoms with van der Waals surface area (Å²) in [5.74, 6) is -0.806. The molecule has 0 radical (unpaired) electrons. The van der Waals surface area contributed by atoms with Crippen molar-refractivity contribution in [1.29, 1.82) is 0 Å². The first-order valence-corrected chi connectivity index (χ1v) is 11.4. The summed E-state index contributed by atoms with van der Waals surface area (Å²) >= 11 is 7.52. The molecule has 0 aliphatic carbocycles. The largest absolute Gasteiger partial charge is 0.481 e. The van der Waals surface area contributed by atoms with Crippen LogP contribution in [-0.4, -0.2) is 40.0 Å². The number of aromatic nitrogens is 1. The third kappa shape index (κ3) is 4.36. The minimum absolute atomic E-state index is 0.0780. The normalized spacial score (nSPS) is 15.6. The molecule has 0 bridgehead atoms. The number of nitrogens with zero attached hydrogens (tertiary/aromatic N) is 2. The van der Waals surface area contributed by atoms with Crippen LogP contribution in [0.1, 0.15) is 35.2 Å². The summed E-state index contributed by atoms with van der Waals surface area (Å²) < 4.78 is 0. The number of amides is 1. The Balaban J connectivity index is 1.83. The molecule has 1 aliphatic rings. The quantitative estimate of drug-likeness (QED) is 0.587. The number of hydrogen-bond donors (Lipinski definition) is 1. The Morgan fingerprint density at radius 2 is 1.74 bits per heavy atom. The van der Waals surface area contributed by atoms with Gasteiger partial charge in [-0.25, -0.2) is 4.98 Å². The number of carbonyl (C=O) groups excluding carboxylic acids is 1. The number of rotatable bonds is 5. The molecule has 1 fully saturated rings. The molecule has 1 saturated heterocycles. The molecule has 1 aliphatic heterocycles. The number of likely N-dealkylation sites (tertiary alicyclic amines) is 1. The zero-order chi connectivity index (χ0) is 22.0. The molecule has 0 atom stereocenters. The highest BCUT2D eigenvalue weighted by atomic mass is 35.5. The fourth-order valence-electron chi connectivity index (χ4n) is 4.23. The van der Waals surface area contributed by atoms with Crippen LogP contribution in [0.5, 0.6) is 0 Å². The summed E-state index contributed by atoms with van der Waals surface area (Å²) in [5, 5.41) is 11.0. The van der Waals surface area contributed by atoms with E-state index in [-0.39, 0.29) is 17.7 Å². The molecule has 4 rings (SSSR count). The molecule has 2 aromatic carbocycles. The molecule has 1 N–H and O–H groups in total. The van der Waals surface area contributed by atoms with Crippen LogP contribution in [0.3, 0.4) is 0 Å². The Labute approximate surface area is 190 Å².